The second-order valence-electron chi connectivity index (χ2n) is 6.76. The Kier molecular flexibility index (Phi) is 5.23. The summed E-state index contributed by atoms with van der Waals surface area (Å²) in [5, 5.41) is 11.6. The lowest BCUT2D eigenvalue weighted by molar-refractivity contribution is -0.120. The van der Waals surface area contributed by atoms with Crippen LogP contribution in [0.25, 0.3) is 11.5 Å². The SMILES string of the molecule is COc1cccc(NC(=O)C2CCCN(c3ccc(-c4ccco4)nn3)C2)c1. The van der Waals surface area contributed by atoms with E-state index in [4.69, 9.17) is 9.15 Å². The summed E-state index contributed by atoms with van der Waals surface area (Å²) in [6.45, 7) is 1.47. The number of aromatic nitrogens is 2. The number of hydrogen-bond acceptors (Lipinski definition) is 6. The van der Waals surface area contributed by atoms with Gasteiger partial charge in [-0.1, -0.05) is 6.07 Å². The van der Waals surface area contributed by atoms with Crippen LogP contribution in [-0.2, 0) is 4.79 Å². The van der Waals surface area contributed by atoms with Crippen molar-refractivity contribution in [1.29, 1.82) is 0 Å². The number of benzene rings is 1. The zero-order chi connectivity index (χ0) is 19.3. The number of carbonyl (C=O) groups is 1. The summed E-state index contributed by atoms with van der Waals surface area (Å²) in [4.78, 5) is 14.8. The van der Waals surface area contributed by atoms with Crippen molar-refractivity contribution in [2.45, 2.75) is 12.8 Å². The fourth-order valence-electron chi connectivity index (χ4n) is 3.39. The number of hydrogen-bond donors (Lipinski definition) is 1. The molecular weight excluding hydrogens is 356 g/mol. The molecule has 7 nitrogen and oxygen atoms in total. The van der Waals surface area contributed by atoms with Gasteiger partial charge in [-0.3, -0.25) is 4.79 Å². The van der Waals surface area contributed by atoms with Crippen molar-refractivity contribution < 1.29 is 13.9 Å². The molecule has 1 atom stereocenters. The molecule has 1 amide bonds. The lowest BCUT2D eigenvalue weighted by Gasteiger charge is -2.32. The average Bonchev–Trinajstić information content (AvgIpc) is 3.29. The number of anilines is 2. The standard InChI is InChI=1S/C21H22N4O3/c1-27-17-7-2-6-16(13-17)22-21(26)15-5-3-11-25(14-15)20-10-9-18(23-24-20)19-8-4-12-28-19/h2,4,6-10,12-13,15H,3,5,11,14H2,1H3,(H,22,26). The van der Waals surface area contributed by atoms with Crippen LogP contribution in [0.5, 0.6) is 5.75 Å². The van der Waals surface area contributed by atoms with Gasteiger partial charge in [-0.25, -0.2) is 0 Å². The second kappa shape index (κ2) is 8.12. The number of nitrogens with zero attached hydrogens (tertiary/aromatic N) is 3. The minimum atomic E-state index is -0.105. The van der Waals surface area contributed by atoms with Crippen LogP contribution < -0.4 is 15.0 Å². The first-order chi connectivity index (χ1) is 13.7. The predicted octanol–water partition coefficient (Wildman–Crippen LogP) is 3.60. The van der Waals surface area contributed by atoms with Gasteiger partial charge < -0.3 is 19.4 Å². The molecular formula is C21H22N4O3. The molecule has 0 bridgehead atoms. The lowest BCUT2D eigenvalue weighted by Crippen LogP contribution is -2.41. The molecule has 4 rings (SSSR count). The first kappa shape index (κ1) is 18.0. The largest absolute Gasteiger partial charge is 0.497 e. The van der Waals surface area contributed by atoms with Crippen molar-refractivity contribution in [3.8, 4) is 17.2 Å². The lowest BCUT2D eigenvalue weighted by atomic mass is 9.97. The molecule has 3 heterocycles. The third kappa shape index (κ3) is 3.98. The van der Waals surface area contributed by atoms with Crippen LogP contribution >= 0.6 is 0 Å². The summed E-state index contributed by atoms with van der Waals surface area (Å²) in [5.41, 5.74) is 1.43. The first-order valence-corrected chi connectivity index (χ1v) is 9.30. The Hall–Kier alpha value is -3.35. The van der Waals surface area contributed by atoms with E-state index in [2.05, 4.69) is 20.4 Å². The van der Waals surface area contributed by atoms with E-state index in [1.165, 1.54) is 0 Å². The van der Waals surface area contributed by atoms with Gasteiger partial charge in [0.15, 0.2) is 11.6 Å². The summed E-state index contributed by atoms with van der Waals surface area (Å²) >= 11 is 0. The summed E-state index contributed by atoms with van der Waals surface area (Å²) < 4.78 is 10.6. The van der Waals surface area contributed by atoms with Gasteiger partial charge in [-0.15, -0.1) is 10.2 Å². The maximum atomic E-state index is 12.7. The highest BCUT2D eigenvalue weighted by atomic mass is 16.5. The highest BCUT2D eigenvalue weighted by molar-refractivity contribution is 5.93. The number of rotatable bonds is 5. The number of amides is 1. The number of ether oxygens (including phenoxy) is 1. The minimum absolute atomic E-state index is 0.0121. The van der Waals surface area contributed by atoms with Crippen LogP contribution in [-0.4, -0.2) is 36.3 Å². The van der Waals surface area contributed by atoms with Crippen LogP contribution in [0.2, 0.25) is 0 Å². The van der Waals surface area contributed by atoms with Crippen molar-refractivity contribution >= 4 is 17.4 Å². The molecule has 0 spiro atoms. The van der Waals surface area contributed by atoms with Crippen molar-refractivity contribution in [3.63, 3.8) is 0 Å². The van der Waals surface area contributed by atoms with Gasteiger partial charge in [0.05, 0.1) is 19.3 Å². The van der Waals surface area contributed by atoms with Gasteiger partial charge >= 0.3 is 0 Å². The molecule has 1 aliphatic heterocycles. The summed E-state index contributed by atoms with van der Waals surface area (Å²) in [5.74, 6) is 2.09. The van der Waals surface area contributed by atoms with Gasteiger partial charge in [0.25, 0.3) is 0 Å². The van der Waals surface area contributed by atoms with Crippen molar-refractivity contribution in [2.24, 2.45) is 5.92 Å². The molecule has 1 aliphatic rings. The molecule has 1 saturated heterocycles. The highest BCUT2D eigenvalue weighted by Crippen LogP contribution is 2.25. The summed E-state index contributed by atoms with van der Waals surface area (Å²) in [6, 6.07) is 14.9. The van der Waals surface area contributed by atoms with E-state index in [0.717, 1.165) is 36.6 Å². The normalized spacial score (nSPS) is 16.6. The van der Waals surface area contributed by atoms with E-state index in [9.17, 15) is 4.79 Å². The summed E-state index contributed by atoms with van der Waals surface area (Å²) in [6.07, 6.45) is 3.39. The Morgan fingerprint density at radius 2 is 2.14 bits per heavy atom. The molecule has 144 valence electrons. The molecule has 1 aromatic carbocycles. The zero-order valence-corrected chi connectivity index (χ0v) is 15.7. The van der Waals surface area contributed by atoms with Crippen molar-refractivity contribution in [3.05, 3.63) is 54.8 Å². The Morgan fingerprint density at radius 1 is 1.21 bits per heavy atom. The van der Waals surface area contributed by atoms with Gasteiger partial charge in [0.2, 0.25) is 5.91 Å². The fraction of sp³-hybridized carbons (Fsp3) is 0.286. The molecule has 28 heavy (non-hydrogen) atoms. The van der Waals surface area contributed by atoms with Gasteiger partial charge in [0, 0.05) is 24.8 Å². The smallest absolute Gasteiger partial charge is 0.229 e. The monoisotopic (exact) mass is 378 g/mol. The van der Waals surface area contributed by atoms with E-state index in [0.29, 0.717) is 18.0 Å². The maximum absolute atomic E-state index is 12.7. The fourth-order valence-corrected chi connectivity index (χ4v) is 3.39. The Morgan fingerprint density at radius 3 is 2.89 bits per heavy atom. The molecule has 7 heteroatoms. The minimum Gasteiger partial charge on any atom is -0.497 e. The molecule has 2 aromatic heterocycles. The van der Waals surface area contributed by atoms with E-state index in [1.807, 2.05) is 48.5 Å². The van der Waals surface area contributed by atoms with Crippen LogP contribution in [0.15, 0.2) is 59.2 Å². The van der Waals surface area contributed by atoms with Crippen LogP contribution in [0.1, 0.15) is 12.8 Å². The number of methoxy groups -OCH3 is 1. The van der Waals surface area contributed by atoms with Gasteiger partial charge in [0.1, 0.15) is 11.4 Å². The Labute approximate surface area is 163 Å². The average molecular weight is 378 g/mol. The van der Waals surface area contributed by atoms with E-state index >= 15 is 0 Å². The predicted molar refractivity (Wildman–Crippen MR) is 106 cm³/mol. The number of piperidine rings is 1. The molecule has 3 aromatic rings. The number of nitrogens with one attached hydrogen (secondary N) is 1. The molecule has 0 saturated carbocycles. The van der Waals surface area contributed by atoms with Crippen LogP contribution in [0, 0.1) is 5.92 Å². The molecule has 1 fully saturated rings. The number of carbonyl (C=O) groups excluding carboxylic acids is 1. The third-order valence-electron chi connectivity index (χ3n) is 4.88. The van der Waals surface area contributed by atoms with Crippen LogP contribution in [0.4, 0.5) is 11.5 Å². The maximum Gasteiger partial charge on any atom is 0.229 e. The van der Waals surface area contributed by atoms with Gasteiger partial charge in [-0.05, 0) is 49.2 Å². The molecule has 1 N–H and O–H groups in total. The zero-order valence-electron chi connectivity index (χ0n) is 15.7. The molecule has 0 radical (unpaired) electrons. The third-order valence-corrected chi connectivity index (χ3v) is 4.88. The second-order valence-corrected chi connectivity index (χ2v) is 6.76. The van der Waals surface area contributed by atoms with E-state index < -0.39 is 0 Å². The Bertz CT molecular complexity index is 925. The van der Waals surface area contributed by atoms with Crippen molar-refractivity contribution in [1.82, 2.24) is 10.2 Å². The van der Waals surface area contributed by atoms with E-state index in [-0.39, 0.29) is 11.8 Å². The van der Waals surface area contributed by atoms with Gasteiger partial charge in [-0.2, -0.15) is 0 Å². The first-order valence-electron chi connectivity index (χ1n) is 9.30. The summed E-state index contributed by atoms with van der Waals surface area (Å²) in [7, 11) is 1.61. The Balaban J connectivity index is 1.41. The van der Waals surface area contributed by atoms with Crippen molar-refractivity contribution in [2.75, 3.05) is 30.4 Å². The molecule has 0 aliphatic carbocycles. The number of furan rings is 1. The molecule has 1 unspecified atom stereocenters. The van der Waals surface area contributed by atoms with Crippen LogP contribution in [0.3, 0.4) is 0 Å². The quantitative estimate of drug-likeness (QED) is 0.731. The topological polar surface area (TPSA) is 80.5 Å². The van der Waals surface area contributed by atoms with E-state index in [1.54, 1.807) is 13.4 Å². The highest BCUT2D eigenvalue weighted by Gasteiger charge is 2.27.